The molecule has 0 saturated carbocycles. The zero-order valence-corrected chi connectivity index (χ0v) is 11.9. The van der Waals surface area contributed by atoms with Gasteiger partial charge in [-0.15, -0.1) is 0 Å². The van der Waals surface area contributed by atoms with Gasteiger partial charge >= 0.3 is 0 Å². The van der Waals surface area contributed by atoms with E-state index >= 15 is 0 Å². The minimum absolute atomic E-state index is 0.458. The quantitative estimate of drug-likeness (QED) is 0.710. The third kappa shape index (κ3) is 1.88. The van der Waals surface area contributed by atoms with Gasteiger partial charge in [0, 0.05) is 11.9 Å². The van der Waals surface area contributed by atoms with Crippen molar-refractivity contribution in [3.63, 3.8) is 0 Å². The average Bonchev–Trinajstić information content (AvgIpc) is 3.17. The molecule has 4 rings (SSSR count). The van der Waals surface area contributed by atoms with Gasteiger partial charge in [-0.25, -0.2) is 9.97 Å². The number of benzene rings is 1. The number of nitrogens with zero attached hydrogens (tertiary/aromatic N) is 3. The highest BCUT2D eigenvalue weighted by Gasteiger charge is 2.28. The molecule has 0 bridgehead atoms. The largest absolute Gasteiger partial charge is 0.349 e. The second-order valence-electron chi connectivity index (χ2n) is 5.12. The van der Waals surface area contributed by atoms with Gasteiger partial charge in [0.05, 0.1) is 11.6 Å². The van der Waals surface area contributed by atoms with E-state index in [1.807, 2.05) is 6.07 Å². The lowest BCUT2D eigenvalue weighted by molar-refractivity contribution is 0.716. The molecule has 2 aromatic heterocycles. The van der Waals surface area contributed by atoms with Crippen molar-refractivity contribution >= 4 is 28.1 Å². The Morgan fingerprint density at radius 3 is 3.00 bits per heavy atom. The lowest BCUT2D eigenvalue weighted by Crippen LogP contribution is -2.23. The van der Waals surface area contributed by atoms with Crippen molar-refractivity contribution in [3.05, 3.63) is 53.0 Å². The summed E-state index contributed by atoms with van der Waals surface area (Å²) in [6, 6.07) is 10.9. The topological polar surface area (TPSA) is 29.0 Å². The van der Waals surface area contributed by atoms with Crippen LogP contribution in [-0.4, -0.2) is 16.5 Å². The summed E-state index contributed by atoms with van der Waals surface area (Å²) in [6.45, 7) is 1.07. The minimum atomic E-state index is 0.458. The highest BCUT2D eigenvalue weighted by atomic mass is 32.1. The molecule has 0 radical (unpaired) electrons. The molecule has 1 atom stereocenters. The molecule has 1 aliphatic rings. The fourth-order valence-corrected chi connectivity index (χ4v) is 3.76. The van der Waals surface area contributed by atoms with Crippen LogP contribution in [-0.2, 0) is 0 Å². The van der Waals surface area contributed by atoms with Gasteiger partial charge < -0.3 is 4.90 Å². The van der Waals surface area contributed by atoms with Gasteiger partial charge in [0.1, 0.15) is 12.1 Å². The first kappa shape index (κ1) is 11.9. The third-order valence-corrected chi connectivity index (χ3v) is 4.68. The monoisotopic (exact) mass is 281 g/mol. The molecule has 1 aliphatic heterocycles. The van der Waals surface area contributed by atoms with Crippen molar-refractivity contribution in [2.45, 2.75) is 18.9 Å². The molecule has 0 aliphatic carbocycles. The van der Waals surface area contributed by atoms with Gasteiger partial charge in [-0.1, -0.05) is 12.1 Å². The lowest BCUT2D eigenvalue weighted by Gasteiger charge is -2.26. The Hall–Kier alpha value is -1.94. The second kappa shape index (κ2) is 4.87. The van der Waals surface area contributed by atoms with E-state index in [1.165, 1.54) is 18.4 Å². The number of anilines is 1. The average molecular weight is 281 g/mol. The van der Waals surface area contributed by atoms with Crippen LogP contribution in [0.2, 0.25) is 0 Å². The van der Waals surface area contributed by atoms with Crippen molar-refractivity contribution in [2.24, 2.45) is 0 Å². The van der Waals surface area contributed by atoms with Crippen LogP contribution in [0, 0.1) is 0 Å². The SMILES string of the molecule is c1ccc2c(N3CCC[C@@H]3c3ccsc3)ncnc2c1. The molecule has 0 amide bonds. The molecule has 3 heterocycles. The molecule has 0 N–H and O–H groups in total. The molecule has 3 nitrogen and oxygen atoms in total. The number of aromatic nitrogens is 2. The number of hydrogen-bond acceptors (Lipinski definition) is 4. The molecule has 4 heteroatoms. The number of hydrogen-bond donors (Lipinski definition) is 0. The Morgan fingerprint density at radius 1 is 1.15 bits per heavy atom. The van der Waals surface area contributed by atoms with E-state index in [4.69, 9.17) is 0 Å². The fraction of sp³-hybridized carbons (Fsp3) is 0.250. The molecule has 0 unspecified atom stereocenters. The molecule has 0 spiro atoms. The highest BCUT2D eigenvalue weighted by molar-refractivity contribution is 7.08. The van der Waals surface area contributed by atoms with Gasteiger partial charge in [-0.3, -0.25) is 0 Å². The van der Waals surface area contributed by atoms with Gasteiger partial charge in [-0.05, 0) is 47.4 Å². The molecule has 1 fully saturated rings. The van der Waals surface area contributed by atoms with Crippen LogP contribution in [0.5, 0.6) is 0 Å². The van der Waals surface area contributed by atoms with Crippen LogP contribution >= 0.6 is 11.3 Å². The summed E-state index contributed by atoms with van der Waals surface area (Å²) in [6.07, 6.45) is 4.11. The van der Waals surface area contributed by atoms with Crippen LogP contribution < -0.4 is 4.90 Å². The first-order valence-corrected chi connectivity index (χ1v) is 7.86. The van der Waals surface area contributed by atoms with E-state index in [1.54, 1.807) is 17.7 Å². The van der Waals surface area contributed by atoms with Crippen LogP contribution in [0.4, 0.5) is 5.82 Å². The lowest BCUT2D eigenvalue weighted by atomic mass is 10.1. The number of thiophene rings is 1. The van der Waals surface area contributed by atoms with Crippen LogP contribution in [0.1, 0.15) is 24.4 Å². The summed E-state index contributed by atoms with van der Waals surface area (Å²) in [5, 5.41) is 5.56. The molecule has 100 valence electrons. The van der Waals surface area contributed by atoms with E-state index in [9.17, 15) is 0 Å². The smallest absolute Gasteiger partial charge is 0.140 e. The summed E-state index contributed by atoms with van der Waals surface area (Å²) < 4.78 is 0. The molecular weight excluding hydrogens is 266 g/mol. The summed E-state index contributed by atoms with van der Waals surface area (Å²) in [4.78, 5) is 11.4. The summed E-state index contributed by atoms with van der Waals surface area (Å²) in [7, 11) is 0. The fourth-order valence-electron chi connectivity index (χ4n) is 3.05. The Kier molecular flexibility index (Phi) is 2.89. The van der Waals surface area contributed by atoms with E-state index in [0.29, 0.717) is 6.04 Å². The third-order valence-electron chi connectivity index (χ3n) is 3.97. The summed E-state index contributed by atoms with van der Waals surface area (Å²) in [5.41, 5.74) is 2.43. The predicted octanol–water partition coefficient (Wildman–Crippen LogP) is 4.03. The van der Waals surface area contributed by atoms with Crippen LogP contribution in [0.15, 0.2) is 47.4 Å². The van der Waals surface area contributed by atoms with Crippen molar-refractivity contribution in [3.8, 4) is 0 Å². The van der Waals surface area contributed by atoms with Gasteiger partial charge in [-0.2, -0.15) is 11.3 Å². The van der Waals surface area contributed by atoms with Gasteiger partial charge in [0.2, 0.25) is 0 Å². The molecule has 20 heavy (non-hydrogen) atoms. The Morgan fingerprint density at radius 2 is 2.10 bits per heavy atom. The standard InChI is InChI=1S/C16H15N3S/c1-2-5-14-13(4-1)16(18-11-17-14)19-8-3-6-15(19)12-7-9-20-10-12/h1-2,4-5,7,9-11,15H,3,6,8H2/t15-/m1/s1. The number of rotatable bonds is 2. The van der Waals surface area contributed by atoms with E-state index in [-0.39, 0.29) is 0 Å². The summed E-state index contributed by atoms with van der Waals surface area (Å²) in [5.74, 6) is 1.07. The maximum Gasteiger partial charge on any atom is 0.140 e. The van der Waals surface area contributed by atoms with E-state index < -0.39 is 0 Å². The van der Waals surface area contributed by atoms with Crippen molar-refractivity contribution < 1.29 is 0 Å². The zero-order chi connectivity index (χ0) is 13.4. The first-order chi connectivity index (χ1) is 9.93. The van der Waals surface area contributed by atoms with E-state index in [0.717, 1.165) is 23.3 Å². The normalized spacial score (nSPS) is 18.8. The zero-order valence-electron chi connectivity index (χ0n) is 11.1. The number of fused-ring (bicyclic) bond motifs is 1. The second-order valence-corrected chi connectivity index (χ2v) is 5.90. The molecule has 3 aromatic rings. The van der Waals surface area contributed by atoms with Crippen LogP contribution in [0.25, 0.3) is 10.9 Å². The maximum absolute atomic E-state index is 4.57. The van der Waals surface area contributed by atoms with Gasteiger partial charge in [0.15, 0.2) is 0 Å². The molecule has 1 saturated heterocycles. The highest BCUT2D eigenvalue weighted by Crippen LogP contribution is 2.38. The first-order valence-electron chi connectivity index (χ1n) is 6.92. The Bertz CT molecular complexity index is 718. The predicted molar refractivity (Wildman–Crippen MR) is 83.2 cm³/mol. The van der Waals surface area contributed by atoms with Crippen molar-refractivity contribution in [2.75, 3.05) is 11.4 Å². The summed E-state index contributed by atoms with van der Waals surface area (Å²) >= 11 is 1.77. The molecule has 1 aromatic carbocycles. The number of para-hydroxylation sites is 1. The van der Waals surface area contributed by atoms with E-state index in [2.05, 4.69) is 49.9 Å². The van der Waals surface area contributed by atoms with Crippen molar-refractivity contribution in [1.29, 1.82) is 0 Å². The van der Waals surface area contributed by atoms with Gasteiger partial charge in [0.25, 0.3) is 0 Å². The van der Waals surface area contributed by atoms with Crippen molar-refractivity contribution in [1.82, 2.24) is 9.97 Å². The minimum Gasteiger partial charge on any atom is -0.349 e. The maximum atomic E-state index is 4.57. The Labute approximate surface area is 121 Å². The van der Waals surface area contributed by atoms with Crippen LogP contribution in [0.3, 0.4) is 0 Å². The Balaban J connectivity index is 1.82. The molecular formula is C16H15N3S.